The van der Waals surface area contributed by atoms with E-state index in [1.165, 1.54) is 71.3 Å². The normalized spacial score (nSPS) is 14.9. The van der Waals surface area contributed by atoms with Crippen molar-refractivity contribution in [3.63, 3.8) is 0 Å². The second-order valence-electron chi connectivity index (χ2n) is 13.0. The van der Waals surface area contributed by atoms with Crippen LogP contribution in [0.2, 0.25) is 0 Å². The minimum atomic E-state index is -0.524. The van der Waals surface area contributed by atoms with Gasteiger partial charge in [0.2, 0.25) is 0 Å². The SMILES string of the molecule is C=CC(=O)OCCCc1ccc2cc(C3(c4ccc(-c5nc6ccccc6s5)cc4)c4ccccc4-c4cc5ccccc5cc43)ccc2c1. The molecule has 50 heavy (non-hydrogen) atoms. The first-order valence-electron chi connectivity index (χ1n) is 17.0. The van der Waals surface area contributed by atoms with Crippen LogP contribution in [0.4, 0.5) is 0 Å². The van der Waals surface area contributed by atoms with E-state index < -0.39 is 5.41 Å². The summed E-state index contributed by atoms with van der Waals surface area (Å²) >= 11 is 1.74. The lowest BCUT2D eigenvalue weighted by Gasteiger charge is -2.34. The lowest BCUT2D eigenvalue weighted by atomic mass is 9.67. The molecule has 3 nitrogen and oxygen atoms in total. The van der Waals surface area contributed by atoms with Crippen molar-refractivity contribution in [1.82, 2.24) is 4.98 Å². The van der Waals surface area contributed by atoms with Crippen molar-refractivity contribution in [2.75, 3.05) is 6.61 Å². The van der Waals surface area contributed by atoms with E-state index in [2.05, 4.69) is 146 Å². The number of para-hydroxylation sites is 1. The maximum absolute atomic E-state index is 11.5. The van der Waals surface area contributed by atoms with E-state index in [9.17, 15) is 4.79 Å². The fraction of sp³-hybridized carbons (Fsp3) is 0.0870. The first-order valence-corrected chi connectivity index (χ1v) is 17.9. The molecule has 1 aliphatic carbocycles. The lowest BCUT2D eigenvalue weighted by Crippen LogP contribution is -2.28. The standard InChI is InChI=1S/C46H33NO2S/c1-2-44(48)49-25-9-10-30-17-18-35-27-37(24-21-34(35)26-30)46(36-22-19-31(20-23-36)45-47-42-15-7-8-16-43(42)50-45)40-14-6-5-13-38(40)39-28-32-11-3-4-12-33(32)29-41(39)46/h2-8,11-24,26-29H,1,9-10,25H2. The van der Waals surface area contributed by atoms with Crippen LogP contribution in [0.15, 0.2) is 158 Å². The van der Waals surface area contributed by atoms with Crippen LogP contribution in [0, 0.1) is 0 Å². The van der Waals surface area contributed by atoms with Crippen molar-refractivity contribution in [3.8, 4) is 21.7 Å². The van der Waals surface area contributed by atoms with E-state index in [1.807, 2.05) is 6.07 Å². The average Bonchev–Trinajstić information content (AvgIpc) is 3.73. The zero-order valence-electron chi connectivity index (χ0n) is 27.4. The highest BCUT2D eigenvalue weighted by atomic mass is 32.1. The molecule has 1 atom stereocenters. The molecule has 0 spiro atoms. The highest BCUT2D eigenvalue weighted by Crippen LogP contribution is 2.57. The quantitative estimate of drug-likeness (QED) is 0.0923. The van der Waals surface area contributed by atoms with Crippen molar-refractivity contribution in [1.29, 1.82) is 0 Å². The number of aromatic nitrogens is 1. The molecule has 0 fully saturated rings. The first kappa shape index (κ1) is 30.2. The van der Waals surface area contributed by atoms with Crippen molar-refractivity contribution in [3.05, 3.63) is 186 Å². The third-order valence-electron chi connectivity index (χ3n) is 10.1. The Kier molecular flexibility index (Phi) is 7.40. The van der Waals surface area contributed by atoms with Crippen LogP contribution in [-0.4, -0.2) is 17.6 Å². The van der Waals surface area contributed by atoms with Crippen LogP contribution in [0.1, 0.15) is 34.2 Å². The Morgan fingerprint density at radius 3 is 2.22 bits per heavy atom. The number of carbonyl (C=O) groups excluding carboxylic acids is 1. The third kappa shape index (κ3) is 4.95. The summed E-state index contributed by atoms with van der Waals surface area (Å²) in [5, 5.41) is 5.90. The number of rotatable bonds is 8. The second kappa shape index (κ2) is 12.2. The van der Waals surface area contributed by atoms with Gasteiger partial charge < -0.3 is 4.74 Å². The van der Waals surface area contributed by atoms with E-state index in [0.717, 1.165) is 28.9 Å². The molecule has 0 saturated carbocycles. The maximum Gasteiger partial charge on any atom is 0.330 e. The predicted octanol–water partition coefficient (Wildman–Crippen LogP) is 11.3. The molecule has 7 aromatic carbocycles. The highest BCUT2D eigenvalue weighted by molar-refractivity contribution is 7.21. The van der Waals surface area contributed by atoms with Crippen molar-refractivity contribution < 1.29 is 9.53 Å². The number of carbonyl (C=O) groups is 1. The maximum atomic E-state index is 11.5. The lowest BCUT2D eigenvalue weighted by molar-refractivity contribution is -0.137. The summed E-state index contributed by atoms with van der Waals surface area (Å²) < 4.78 is 6.39. The molecule has 1 aliphatic rings. The Hall–Kier alpha value is -5.84. The van der Waals surface area contributed by atoms with E-state index in [-0.39, 0.29) is 5.97 Å². The van der Waals surface area contributed by atoms with Gasteiger partial charge in [0.15, 0.2) is 0 Å². The first-order chi connectivity index (χ1) is 24.6. The van der Waals surface area contributed by atoms with Gasteiger partial charge in [0.1, 0.15) is 5.01 Å². The van der Waals surface area contributed by atoms with Gasteiger partial charge in [-0.15, -0.1) is 11.3 Å². The fourth-order valence-corrected chi connectivity index (χ4v) is 8.77. The summed E-state index contributed by atoms with van der Waals surface area (Å²) in [7, 11) is 0. The van der Waals surface area contributed by atoms with Gasteiger partial charge in [-0.1, -0.05) is 122 Å². The largest absolute Gasteiger partial charge is 0.463 e. The minimum absolute atomic E-state index is 0.376. The van der Waals surface area contributed by atoms with Crippen molar-refractivity contribution in [2.45, 2.75) is 18.3 Å². The molecule has 9 rings (SSSR count). The van der Waals surface area contributed by atoms with Crippen LogP contribution in [-0.2, 0) is 21.4 Å². The molecule has 0 radical (unpaired) electrons. The second-order valence-corrected chi connectivity index (χ2v) is 14.0. The van der Waals surface area contributed by atoms with E-state index >= 15 is 0 Å². The molecule has 1 aromatic heterocycles. The summed E-state index contributed by atoms with van der Waals surface area (Å²) in [5.74, 6) is -0.376. The van der Waals surface area contributed by atoms with Gasteiger partial charge in [-0.05, 0) is 104 Å². The molecule has 0 amide bonds. The third-order valence-corrected chi connectivity index (χ3v) is 11.2. The molecular formula is C46H33NO2S. The Labute approximate surface area is 295 Å². The number of fused-ring (bicyclic) bond motifs is 6. The van der Waals surface area contributed by atoms with Gasteiger partial charge in [0.05, 0.1) is 22.2 Å². The van der Waals surface area contributed by atoms with E-state index in [0.29, 0.717) is 6.61 Å². The fourth-order valence-electron chi connectivity index (χ4n) is 7.80. The number of thiazole rings is 1. The topological polar surface area (TPSA) is 39.2 Å². The Balaban J connectivity index is 1.20. The molecule has 1 unspecified atom stereocenters. The van der Waals surface area contributed by atoms with Crippen LogP contribution < -0.4 is 0 Å². The Morgan fingerprint density at radius 2 is 1.38 bits per heavy atom. The number of hydrogen-bond acceptors (Lipinski definition) is 4. The van der Waals surface area contributed by atoms with Crippen LogP contribution in [0.25, 0.3) is 53.5 Å². The summed E-state index contributed by atoms with van der Waals surface area (Å²) in [4.78, 5) is 16.4. The van der Waals surface area contributed by atoms with Gasteiger partial charge in [0, 0.05) is 11.6 Å². The summed E-state index contributed by atoms with van der Waals surface area (Å²) in [5.41, 5.74) is 10.5. The molecule has 1 heterocycles. The number of hydrogen-bond donors (Lipinski definition) is 0. The molecule has 0 aliphatic heterocycles. The van der Waals surface area contributed by atoms with Gasteiger partial charge in [-0.25, -0.2) is 9.78 Å². The number of nitrogens with zero attached hydrogens (tertiary/aromatic N) is 1. The average molecular weight is 664 g/mol. The van der Waals surface area contributed by atoms with E-state index in [1.54, 1.807) is 11.3 Å². The summed E-state index contributed by atoms with van der Waals surface area (Å²) in [6, 6.07) is 53.5. The summed E-state index contributed by atoms with van der Waals surface area (Å²) in [6.07, 6.45) is 2.81. The predicted molar refractivity (Wildman–Crippen MR) is 207 cm³/mol. The van der Waals surface area contributed by atoms with Crippen molar-refractivity contribution in [2.24, 2.45) is 0 Å². The number of aryl methyl sites for hydroxylation is 1. The smallest absolute Gasteiger partial charge is 0.330 e. The van der Waals surface area contributed by atoms with E-state index in [4.69, 9.17) is 9.72 Å². The monoisotopic (exact) mass is 663 g/mol. The van der Waals surface area contributed by atoms with Crippen LogP contribution in [0.3, 0.4) is 0 Å². The molecule has 0 saturated heterocycles. The van der Waals surface area contributed by atoms with Crippen LogP contribution >= 0.6 is 11.3 Å². The molecule has 240 valence electrons. The highest BCUT2D eigenvalue weighted by Gasteiger charge is 2.46. The molecule has 0 N–H and O–H groups in total. The molecule has 0 bridgehead atoms. The zero-order valence-corrected chi connectivity index (χ0v) is 28.3. The van der Waals surface area contributed by atoms with Gasteiger partial charge in [-0.3, -0.25) is 0 Å². The van der Waals surface area contributed by atoms with Crippen molar-refractivity contribution >= 4 is 49.1 Å². The zero-order chi connectivity index (χ0) is 33.7. The van der Waals surface area contributed by atoms with Gasteiger partial charge in [0.25, 0.3) is 0 Å². The Morgan fingerprint density at radius 1 is 0.680 bits per heavy atom. The van der Waals surface area contributed by atoms with Gasteiger partial charge in [-0.2, -0.15) is 0 Å². The molecule has 4 heteroatoms. The number of ether oxygens (including phenoxy) is 1. The van der Waals surface area contributed by atoms with Gasteiger partial charge >= 0.3 is 5.97 Å². The van der Waals surface area contributed by atoms with Crippen LogP contribution in [0.5, 0.6) is 0 Å². The minimum Gasteiger partial charge on any atom is -0.463 e. The number of benzene rings is 7. The molecular weight excluding hydrogens is 631 g/mol. The Bertz CT molecular complexity index is 2570. The number of esters is 1. The summed E-state index contributed by atoms with van der Waals surface area (Å²) in [6.45, 7) is 3.86. The molecule has 8 aromatic rings.